The molecule has 7 heteroatoms. The average molecular weight is 324 g/mol. The molecule has 1 aromatic carbocycles. The molecule has 118 valence electrons. The second-order valence-electron chi connectivity index (χ2n) is 6.00. The van der Waals surface area contributed by atoms with Crippen molar-refractivity contribution >= 4 is 23.2 Å². The summed E-state index contributed by atoms with van der Waals surface area (Å²) in [5.41, 5.74) is 0.149. The van der Waals surface area contributed by atoms with E-state index in [1.165, 1.54) is 18.2 Å². The Bertz CT molecular complexity index is 594. The number of halogens is 1. The number of likely N-dealkylation sites (tertiary alicyclic amines) is 1. The molecule has 1 aromatic rings. The molecule has 0 aliphatic carbocycles. The summed E-state index contributed by atoms with van der Waals surface area (Å²) in [6.45, 7) is 3.44. The van der Waals surface area contributed by atoms with Gasteiger partial charge in [-0.2, -0.15) is 0 Å². The summed E-state index contributed by atoms with van der Waals surface area (Å²) in [4.78, 5) is 24.8. The first-order valence-electron chi connectivity index (χ1n) is 7.49. The van der Waals surface area contributed by atoms with E-state index < -0.39 is 4.92 Å². The Hall–Kier alpha value is -1.66. The molecule has 6 nitrogen and oxygen atoms in total. The summed E-state index contributed by atoms with van der Waals surface area (Å²) in [7, 11) is 0. The van der Waals surface area contributed by atoms with Crippen molar-refractivity contribution in [2.24, 2.45) is 11.8 Å². The number of hydrogen-bond acceptors (Lipinski definition) is 4. The number of nitrogens with zero attached hydrogens (tertiary/aromatic N) is 2. The van der Waals surface area contributed by atoms with E-state index in [-0.39, 0.29) is 16.6 Å². The van der Waals surface area contributed by atoms with Crippen molar-refractivity contribution in [3.05, 3.63) is 38.9 Å². The van der Waals surface area contributed by atoms with E-state index in [9.17, 15) is 14.9 Å². The van der Waals surface area contributed by atoms with Crippen LogP contribution < -0.4 is 5.32 Å². The first-order valence-corrected chi connectivity index (χ1v) is 7.87. The molecule has 2 fully saturated rings. The second kappa shape index (κ2) is 6.22. The molecule has 0 spiro atoms. The lowest BCUT2D eigenvalue weighted by Crippen LogP contribution is -2.32. The number of rotatable bonds is 2. The first kappa shape index (κ1) is 15.2. The molecule has 2 aliphatic rings. The molecular weight excluding hydrogens is 306 g/mol. The lowest BCUT2D eigenvalue weighted by molar-refractivity contribution is -0.384. The van der Waals surface area contributed by atoms with Crippen LogP contribution in [0.2, 0.25) is 5.02 Å². The second-order valence-corrected chi connectivity index (χ2v) is 6.44. The number of nitro groups is 1. The van der Waals surface area contributed by atoms with Gasteiger partial charge in [0.1, 0.15) is 0 Å². The largest absolute Gasteiger partial charge is 0.339 e. The molecule has 1 amide bonds. The molecule has 2 atom stereocenters. The van der Waals surface area contributed by atoms with Gasteiger partial charge in [-0.15, -0.1) is 0 Å². The van der Waals surface area contributed by atoms with Gasteiger partial charge in [0.2, 0.25) is 0 Å². The van der Waals surface area contributed by atoms with Gasteiger partial charge in [0.05, 0.1) is 4.92 Å². The highest BCUT2D eigenvalue weighted by Crippen LogP contribution is 2.28. The lowest BCUT2D eigenvalue weighted by Gasteiger charge is -2.21. The van der Waals surface area contributed by atoms with Crippen molar-refractivity contribution in [3.8, 4) is 0 Å². The van der Waals surface area contributed by atoms with Crippen molar-refractivity contribution in [3.63, 3.8) is 0 Å². The average Bonchev–Trinajstić information content (AvgIpc) is 2.84. The van der Waals surface area contributed by atoms with Gasteiger partial charge in [-0.05, 0) is 43.8 Å². The van der Waals surface area contributed by atoms with Gasteiger partial charge >= 0.3 is 0 Å². The van der Waals surface area contributed by atoms with Gasteiger partial charge < -0.3 is 10.2 Å². The summed E-state index contributed by atoms with van der Waals surface area (Å²) in [6, 6.07) is 4.07. The van der Waals surface area contributed by atoms with Crippen LogP contribution in [0.3, 0.4) is 0 Å². The number of carbonyl (C=O) groups excluding carboxylic acids is 1. The number of fused-ring (bicyclic) bond motifs is 1. The summed E-state index contributed by atoms with van der Waals surface area (Å²) in [6.07, 6.45) is 1.96. The van der Waals surface area contributed by atoms with Gasteiger partial charge in [-0.25, -0.2) is 0 Å². The van der Waals surface area contributed by atoms with Crippen LogP contribution in [0.15, 0.2) is 18.2 Å². The van der Waals surface area contributed by atoms with Crippen LogP contribution in [0.5, 0.6) is 0 Å². The SMILES string of the molecule is O=C(c1cc(Cl)cc([N+](=O)[O-])c1)N1CC[C@@H]2CNC[C@@H]2CC1. The zero-order valence-corrected chi connectivity index (χ0v) is 12.9. The van der Waals surface area contributed by atoms with Crippen LogP contribution >= 0.6 is 11.6 Å². The van der Waals surface area contributed by atoms with E-state index in [0.717, 1.165) is 25.9 Å². The number of nitro benzene ring substituents is 1. The van der Waals surface area contributed by atoms with Crippen LogP contribution in [-0.2, 0) is 0 Å². The Morgan fingerprint density at radius 1 is 1.23 bits per heavy atom. The fraction of sp³-hybridized carbons (Fsp3) is 0.533. The predicted octanol–water partition coefficient (Wildman–Crippen LogP) is 2.32. The predicted molar refractivity (Wildman–Crippen MR) is 83.1 cm³/mol. The third-order valence-corrected chi connectivity index (χ3v) is 4.87. The lowest BCUT2D eigenvalue weighted by atomic mass is 9.92. The maximum Gasteiger partial charge on any atom is 0.271 e. The molecule has 3 rings (SSSR count). The van der Waals surface area contributed by atoms with Crippen LogP contribution in [-0.4, -0.2) is 41.9 Å². The highest BCUT2D eigenvalue weighted by atomic mass is 35.5. The molecule has 2 saturated heterocycles. The van der Waals surface area contributed by atoms with Crippen LogP contribution in [0, 0.1) is 22.0 Å². The smallest absolute Gasteiger partial charge is 0.271 e. The molecule has 2 aliphatic heterocycles. The number of nitrogens with one attached hydrogen (secondary N) is 1. The standard InChI is InChI=1S/C15H18ClN3O3/c16-13-5-12(6-14(7-13)19(21)22)15(20)18-3-1-10-8-17-9-11(10)2-4-18/h5-7,10-11,17H,1-4,8-9H2/t10-,11+. The van der Waals surface area contributed by atoms with E-state index in [1.54, 1.807) is 4.90 Å². The Kier molecular flexibility index (Phi) is 4.31. The minimum absolute atomic E-state index is 0.147. The van der Waals surface area contributed by atoms with Crippen molar-refractivity contribution in [2.45, 2.75) is 12.8 Å². The normalized spacial score (nSPS) is 24.7. The van der Waals surface area contributed by atoms with Gasteiger partial charge in [-0.3, -0.25) is 14.9 Å². The number of hydrogen-bond donors (Lipinski definition) is 1. The maximum atomic E-state index is 12.6. The molecule has 1 N–H and O–H groups in total. The van der Waals surface area contributed by atoms with Crippen molar-refractivity contribution in [2.75, 3.05) is 26.2 Å². The first-order chi connectivity index (χ1) is 10.5. The molecule has 0 saturated carbocycles. The number of amides is 1. The number of non-ortho nitro benzene ring substituents is 1. The van der Waals surface area contributed by atoms with Crippen molar-refractivity contribution < 1.29 is 9.72 Å². The summed E-state index contributed by atoms with van der Waals surface area (Å²) in [5, 5.41) is 14.5. The Morgan fingerprint density at radius 2 is 1.86 bits per heavy atom. The van der Waals surface area contributed by atoms with Crippen LogP contribution in [0.25, 0.3) is 0 Å². The molecular formula is C15H18ClN3O3. The monoisotopic (exact) mass is 323 g/mol. The van der Waals surface area contributed by atoms with E-state index in [0.29, 0.717) is 30.5 Å². The summed E-state index contributed by atoms with van der Waals surface area (Å²) in [5.74, 6) is 1.09. The van der Waals surface area contributed by atoms with E-state index in [2.05, 4.69) is 5.32 Å². The molecule has 2 heterocycles. The van der Waals surface area contributed by atoms with Gasteiger partial charge in [0.15, 0.2) is 0 Å². The summed E-state index contributed by atoms with van der Waals surface area (Å²) >= 11 is 5.90. The van der Waals surface area contributed by atoms with E-state index >= 15 is 0 Å². The quantitative estimate of drug-likeness (QED) is 0.669. The van der Waals surface area contributed by atoms with Gasteiger partial charge in [0, 0.05) is 35.8 Å². The number of benzene rings is 1. The minimum Gasteiger partial charge on any atom is -0.339 e. The van der Waals surface area contributed by atoms with E-state index in [4.69, 9.17) is 11.6 Å². The maximum absolute atomic E-state index is 12.6. The number of carbonyl (C=O) groups is 1. The zero-order chi connectivity index (χ0) is 15.7. The summed E-state index contributed by atoms with van der Waals surface area (Å²) < 4.78 is 0. The van der Waals surface area contributed by atoms with Crippen molar-refractivity contribution in [1.82, 2.24) is 10.2 Å². The Balaban J connectivity index is 1.77. The highest BCUT2D eigenvalue weighted by molar-refractivity contribution is 6.31. The molecule has 0 unspecified atom stereocenters. The highest BCUT2D eigenvalue weighted by Gasteiger charge is 2.32. The molecule has 22 heavy (non-hydrogen) atoms. The third-order valence-electron chi connectivity index (χ3n) is 4.65. The molecule has 0 aromatic heterocycles. The minimum atomic E-state index is -0.527. The fourth-order valence-electron chi connectivity index (χ4n) is 3.41. The van der Waals surface area contributed by atoms with Gasteiger partial charge in [-0.1, -0.05) is 11.6 Å². The fourth-order valence-corrected chi connectivity index (χ4v) is 3.64. The van der Waals surface area contributed by atoms with Gasteiger partial charge in [0.25, 0.3) is 11.6 Å². The molecule has 0 radical (unpaired) electrons. The topological polar surface area (TPSA) is 75.5 Å². The molecule has 0 bridgehead atoms. The Morgan fingerprint density at radius 3 is 2.45 bits per heavy atom. The van der Waals surface area contributed by atoms with Crippen molar-refractivity contribution in [1.29, 1.82) is 0 Å². The Labute approximate surface area is 133 Å². The zero-order valence-electron chi connectivity index (χ0n) is 12.1. The third kappa shape index (κ3) is 3.08. The van der Waals surface area contributed by atoms with E-state index in [1.807, 2.05) is 0 Å². The van der Waals surface area contributed by atoms with Crippen LogP contribution in [0.4, 0.5) is 5.69 Å². The van der Waals surface area contributed by atoms with Crippen LogP contribution in [0.1, 0.15) is 23.2 Å².